The van der Waals surface area contributed by atoms with E-state index in [0.29, 0.717) is 67.0 Å². The lowest BCUT2D eigenvalue weighted by Crippen LogP contribution is -2.31. The summed E-state index contributed by atoms with van der Waals surface area (Å²) in [5, 5.41) is 7.33. The summed E-state index contributed by atoms with van der Waals surface area (Å²) in [6.07, 6.45) is 1.48. The van der Waals surface area contributed by atoms with Crippen LogP contribution >= 0.6 is 0 Å². The minimum absolute atomic E-state index is 0.214. The van der Waals surface area contributed by atoms with E-state index in [-0.39, 0.29) is 11.7 Å². The quantitative estimate of drug-likeness (QED) is 0.389. The topological polar surface area (TPSA) is 94.9 Å². The van der Waals surface area contributed by atoms with Gasteiger partial charge in [0.25, 0.3) is 11.8 Å². The molecule has 1 heterocycles. The number of carbonyl (C=O) groups is 2. The van der Waals surface area contributed by atoms with E-state index in [1.165, 1.54) is 6.20 Å². The number of anilines is 1. The summed E-state index contributed by atoms with van der Waals surface area (Å²) < 4.78 is 18.8. The normalized spacial score (nSPS) is 10.6. The summed E-state index contributed by atoms with van der Waals surface area (Å²) in [5.74, 6) is 0.899. The molecule has 0 aliphatic rings. The lowest BCUT2D eigenvalue weighted by Gasteiger charge is -2.20. The fourth-order valence-corrected chi connectivity index (χ4v) is 3.77. The second kappa shape index (κ2) is 12.6. The van der Waals surface area contributed by atoms with Gasteiger partial charge in [-0.15, -0.1) is 0 Å². The van der Waals surface area contributed by atoms with Crippen LogP contribution in [-0.4, -0.2) is 59.4 Å². The van der Waals surface area contributed by atoms with Crippen LogP contribution in [-0.2, 0) is 0 Å². The van der Waals surface area contributed by atoms with Crippen LogP contribution in [0.15, 0.2) is 48.7 Å². The van der Waals surface area contributed by atoms with Crippen LogP contribution in [0.4, 0.5) is 5.82 Å². The van der Waals surface area contributed by atoms with E-state index in [4.69, 9.17) is 14.2 Å². The SMILES string of the molecule is CCOc1cc(C(=O)Nc2c(C(=O)N(CC)CC)cnn2-c2ccccc2)cc(OCC)c1OCC. The van der Waals surface area contributed by atoms with Crippen molar-refractivity contribution >= 4 is 17.6 Å². The lowest BCUT2D eigenvalue weighted by molar-refractivity contribution is 0.0774. The number of rotatable bonds is 12. The van der Waals surface area contributed by atoms with E-state index in [9.17, 15) is 9.59 Å². The van der Waals surface area contributed by atoms with Crippen LogP contribution in [0.5, 0.6) is 17.2 Å². The summed E-state index contributed by atoms with van der Waals surface area (Å²) >= 11 is 0. The number of nitrogens with zero attached hydrogens (tertiary/aromatic N) is 3. The number of benzene rings is 2. The summed E-state index contributed by atoms with van der Waals surface area (Å²) in [6.45, 7) is 11.7. The smallest absolute Gasteiger partial charge is 0.259 e. The Morgan fingerprint density at radius 1 is 0.889 bits per heavy atom. The molecule has 3 rings (SSSR count). The van der Waals surface area contributed by atoms with Crippen LogP contribution < -0.4 is 19.5 Å². The molecule has 0 bridgehead atoms. The van der Waals surface area contributed by atoms with Crippen molar-refractivity contribution < 1.29 is 23.8 Å². The fourth-order valence-electron chi connectivity index (χ4n) is 3.77. The maximum Gasteiger partial charge on any atom is 0.259 e. The molecule has 1 N–H and O–H groups in total. The number of ether oxygens (including phenoxy) is 3. The first kappa shape index (κ1) is 26.6. The molecule has 192 valence electrons. The maximum absolute atomic E-state index is 13.5. The number of nitrogens with one attached hydrogen (secondary N) is 1. The van der Waals surface area contributed by atoms with Crippen LogP contribution in [0.2, 0.25) is 0 Å². The zero-order valence-electron chi connectivity index (χ0n) is 21.5. The number of hydrogen-bond acceptors (Lipinski definition) is 6. The maximum atomic E-state index is 13.5. The van der Waals surface area contributed by atoms with Crippen molar-refractivity contribution in [3.63, 3.8) is 0 Å². The number of carbonyl (C=O) groups excluding carboxylic acids is 2. The molecule has 0 atom stereocenters. The average molecular weight is 495 g/mol. The monoisotopic (exact) mass is 494 g/mol. The summed E-state index contributed by atoms with van der Waals surface area (Å²) in [7, 11) is 0. The molecule has 3 aromatic rings. The van der Waals surface area contributed by atoms with Crippen molar-refractivity contribution in [2.24, 2.45) is 0 Å². The largest absolute Gasteiger partial charge is 0.490 e. The van der Waals surface area contributed by atoms with Crippen molar-refractivity contribution in [1.29, 1.82) is 0 Å². The Labute approximate surface area is 212 Å². The molecule has 9 nitrogen and oxygen atoms in total. The van der Waals surface area contributed by atoms with Gasteiger partial charge in [-0.25, -0.2) is 4.68 Å². The molecule has 9 heteroatoms. The van der Waals surface area contributed by atoms with Crippen molar-refractivity contribution in [2.75, 3.05) is 38.2 Å². The van der Waals surface area contributed by atoms with Gasteiger partial charge < -0.3 is 24.4 Å². The fraction of sp³-hybridized carbons (Fsp3) is 0.370. The molecule has 1 aromatic heterocycles. The second-order valence-corrected chi connectivity index (χ2v) is 7.69. The van der Waals surface area contributed by atoms with Crippen LogP contribution in [0.25, 0.3) is 5.69 Å². The van der Waals surface area contributed by atoms with Gasteiger partial charge in [-0.3, -0.25) is 9.59 Å². The molecule has 0 fully saturated rings. The predicted molar refractivity (Wildman–Crippen MR) is 139 cm³/mol. The highest BCUT2D eigenvalue weighted by atomic mass is 16.5. The van der Waals surface area contributed by atoms with E-state index in [1.54, 1.807) is 21.7 Å². The molecular weight excluding hydrogens is 460 g/mol. The molecular formula is C27H34N4O5. The Kier molecular flexibility index (Phi) is 9.32. The second-order valence-electron chi connectivity index (χ2n) is 7.69. The van der Waals surface area contributed by atoms with Crippen molar-refractivity contribution in [3.05, 3.63) is 59.8 Å². The number of amides is 2. The van der Waals surface area contributed by atoms with E-state index >= 15 is 0 Å². The van der Waals surface area contributed by atoms with Gasteiger partial charge in [0.2, 0.25) is 5.75 Å². The first-order chi connectivity index (χ1) is 17.5. The average Bonchev–Trinajstić information content (AvgIpc) is 3.30. The van der Waals surface area contributed by atoms with Gasteiger partial charge in [-0.2, -0.15) is 5.10 Å². The van der Waals surface area contributed by atoms with Gasteiger partial charge in [-0.05, 0) is 58.9 Å². The van der Waals surface area contributed by atoms with Gasteiger partial charge in [0.1, 0.15) is 11.4 Å². The molecule has 0 aliphatic carbocycles. The van der Waals surface area contributed by atoms with E-state index in [2.05, 4.69) is 10.4 Å². The Morgan fingerprint density at radius 2 is 1.47 bits per heavy atom. The number of aromatic nitrogens is 2. The summed E-state index contributed by atoms with van der Waals surface area (Å²) in [4.78, 5) is 28.5. The standard InChI is InChI=1S/C27H34N4O5/c1-6-30(7-2)27(33)21-18-28-31(20-14-12-11-13-15-20)25(21)29-26(32)19-16-22(34-8-3)24(36-10-5)23(17-19)35-9-4/h11-18H,6-10H2,1-5H3,(H,29,32). The molecule has 0 radical (unpaired) electrons. The molecule has 2 aromatic carbocycles. The van der Waals surface area contributed by atoms with Gasteiger partial charge in [-0.1, -0.05) is 18.2 Å². The third kappa shape index (κ3) is 5.79. The lowest BCUT2D eigenvalue weighted by atomic mass is 10.1. The first-order valence-electron chi connectivity index (χ1n) is 12.3. The Balaban J connectivity index is 2.08. The predicted octanol–water partition coefficient (Wildman–Crippen LogP) is 4.80. The van der Waals surface area contributed by atoms with Crippen LogP contribution in [0.3, 0.4) is 0 Å². The molecule has 0 saturated heterocycles. The molecule has 0 saturated carbocycles. The van der Waals surface area contributed by atoms with Gasteiger partial charge in [0.05, 0.1) is 31.7 Å². The molecule has 0 aliphatic heterocycles. The molecule has 36 heavy (non-hydrogen) atoms. The van der Waals surface area contributed by atoms with Crippen molar-refractivity contribution in [2.45, 2.75) is 34.6 Å². The van der Waals surface area contributed by atoms with Gasteiger partial charge in [0.15, 0.2) is 11.5 Å². The Hall–Kier alpha value is -4.01. The Morgan fingerprint density at radius 3 is 2.00 bits per heavy atom. The minimum Gasteiger partial charge on any atom is -0.490 e. The summed E-state index contributed by atoms with van der Waals surface area (Å²) in [6, 6.07) is 12.5. The van der Waals surface area contributed by atoms with Crippen LogP contribution in [0, 0.1) is 0 Å². The third-order valence-electron chi connectivity index (χ3n) is 5.45. The first-order valence-corrected chi connectivity index (χ1v) is 12.3. The third-order valence-corrected chi connectivity index (χ3v) is 5.45. The highest BCUT2D eigenvalue weighted by Gasteiger charge is 2.25. The Bertz CT molecular complexity index is 1150. The van der Waals surface area contributed by atoms with E-state index in [1.807, 2.05) is 65.0 Å². The highest BCUT2D eigenvalue weighted by molar-refractivity contribution is 6.09. The molecule has 2 amide bonds. The van der Waals surface area contributed by atoms with E-state index < -0.39 is 5.91 Å². The zero-order chi connectivity index (χ0) is 26.1. The van der Waals surface area contributed by atoms with Crippen molar-refractivity contribution in [3.8, 4) is 22.9 Å². The molecule has 0 spiro atoms. The zero-order valence-corrected chi connectivity index (χ0v) is 21.5. The van der Waals surface area contributed by atoms with Gasteiger partial charge in [0, 0.05) is 18.7 Å². The van der Waals surface area contributed by atoms with E-state index in [0.717, 1.165) is 0 Å². The summed E-state index contributed by atoms with van der Waals surface area (Å²) in [5.41, 5.74) is 1.31. The minimum atomic E-state index is -0.439. The van der Waals surface area contributed by atoms with Crippen LogP contribution in [0.1, 0.15) is 55.3 Å². The number of para-hydroxylation sites is 1. The molecule has 0 unspecified atom stereocenters. The van der Waals surface area contributed by atoms with Crippen molar-refractivity contribution in [1.82, 2.24) is 14.7 Å². The van der Waals surface area contributed by atoms with Gasteiger partial charge >= 0.3 is 0 Å². The number of hydrogen-bond donors (Lipinski definition) is 1. The highest BCUT2D eigenvalue weighted by Crippen LogP contribution is 2.39.